The first-order valence-electron chi connectivity index (χ1n) is 3.96. The van der Waals surface area contributed by atoms with E-state index in [1.165, 1.54) is 32.1 Å². The van der Waals surface area contributed by atoms with Crippen LogP contribution in [0.2, 0.25) is 0 Å². The highest BCUT2D eigenvalue weighted by atomic mass is 16.3. The van der Waals surface area contributed by atoms with Gasteiger partial charge in [0.15, 0.2) is 0 Å². The molecule has 0 heterocycles. The predicted molar refractivity (Wildman–Crippen MR) is 36.1 cm³/mol. The third-order valence-electron chi connectivity index (χ3n) is 3.22. The van der Waals surface area contributed by atoms with Gasteiger partial charge in [0.1, 0.15) is 0 Å². The van der Waals surface area contributed by atoms with Gasteiger partial charge in [-0.3, -0.25) is 0 Å². The van der Waals surface area contributed by atoms with E-state index in [1.54, 1.807) is 0 Å². The molecule has 2 rings (SSSR count). The van der Waals surface area contributed by atoms with E-state index in [0.29, 0.717) is 12.0 Å². The normalized spacial score (nSPS) is 48.3. The highest BCUT2D eigenvalue weighted by molar-refractivity contribution is 4.95. The Kier molecular flexibility index (Phi) is 1.10. The summed E-state index contributed by atoms with van der Waals surface area (Å²) in [5, 5.41) is 9.04. The molecule has 2 aliphatic rings. The summed E-state index contributed by atoms with van der Waals surface area (Å²) in [4.78, 5) is 0. The van der Waals surface area contributed by atoms with E-state index >= 15 is 0 Å². The van der Waals surface area contributed by atoms with Crippen LogP contribution in [0.25, 0.3) is 0 Å². The first-order chi connectivity index (χ1) is 4.35. The van der Waals surface area contributed by atoms with Crippen molar-refractivity contribution in [2.45, 2.75) is 32.1 Å². The summed E-state index contributed by atoms with van der Waals surface area (Å²) in [5.41, 5.74) is 0.407. The number of hydrogen-bond donors (Lipinski definition) is 1. The van der Waals surface area contributed by atoms with E-state index in [1.807, 2.05) is 0 Å². The second kappa shape index (κ2) is 1.72. The van der Waals surface area contributed by atoms with E-state index < -0.39 is 0 Å². The van der Waals surface area contributed by atoms with Crippen molar-refractivity contribution >= 4 is 0 Å². The number of aliphatic hydroxyl groups is 1. The van der Waals surface area contributed by atoms with Crippen LogP contribution in [0.1, 0.15) is 32.1 Å². The molecule has 0 aliphatic heterocycles. The van der Waals surface area contributed by atoms with Crippen LogP contribution in [0.15, 0.2) is 0 Å². The third kappa shape index (κ3) is 0.710. The summed E-state index contributed by atoms with van der Waals surface area (Å²) in [5.74, 6) is 0.983. The Morgan fingerprint density at radius 3 is 2.22 bits per heavy atom. The maximum atomic E-state index is 9.04. The van der Waals surface area contributed by atoms with E-state index in [4.69, 9.17) is 5.11 Å². The molecule has 1 heteroatoms. The molecule has 0 spiro atoms. The first kappa shape index (κ1) is 5.72. The monoisotopic (exact) mass is 126 g/mol. The molecule has 2 aliphatic carbocycles. The van der Waals surface area contributed by atoms with Gasteiger partial charge < -0.3 is 5.11 Å². The third-order valence-corrected chi connectivity index (χ3v) is 3.22. The molecule has 0 saturated heterocycles. The summed E-state index contributed by atoms with van der Waals surface area (Å²) in [7, 11) is 0. The zero-order valence-electron chi connectivity index (χ0n) is 5.77. The maximum Gasteiger partial charge on any atom is 0.0487 e. The van der Waals surface area contributed by atoms with E-state index in [2.05, 4.69) is 0 Å². The quantitative estimate of drug-likeness (QED) is 0.565. The van der Waals surface area contributed by atoms with Crippen LogP contribution in [0, 0.1) is 11.3 Å². The van der Waals surface area contributed by atoms with E-state index in [0.717, 1.165) is 5.92 Å². The molecule has 0 aromatic rings. The second-order valence-corrected chi connectivity index (χ2v) is 3.81. The lowest BCUT2D eigenvalue weighted by Gasteiger charge is -2.22. The molecular formula is C8H14O. The molecule has 0 aromatic heterocycles. The zero-order chi connectivity index (χ0) is 6.32. The Hall–Kier alpha value is -0.0400. The van der Waals surface area contributed by atoms with Gasteiger partial charge >= 0.3 is 0 Å². The van der Waals surface area contributed by atoms with Gasteiger partial charge in [-0.2, -0.15) is 0 Å². The molecule has 52 valence electrons. The van der Waals surface area contributed by atoms with Gasteiger partial charge in [0, 0.05) is 6.61 Å². The van der Waals surface area contributed by atoms with Gasteiger partial charge in [-0.05, 0) is 43.4 Å². The van der Waals surface area contributed by atoms with Gasteiger partial charge in [-0.25, -0.2) is 0 Å². The predicted octanol–water partition coefficient (Wildman–Crippen LogP) is 1.56. The fourth-order valence-corrected chi connectivity index (χ4v) is 2.53. The summed E-state index contributed by atoms with van der Waals surface area (Å²) in [6.45, 7) is 0.448. The zero-order valence-corrected chi connectivity index (χ0v) is 5.77. The van der Waals surface area contributed by atoms with Crippen LogP contribution >= 0.6 is 0 Å². The molecule has 9 heavy (non-hydrogen) atoms. The van der Waals surface area contributed by atoms with Crippen molar-refractivity contribution in [3.63, 3.8) is 0 Å². The van der Waals surface area contributed by atoms with Crippen LogP contribution < -0.4 is 0 Å². The highest BCUT2D eigenvalue weighted by Crippen LogP contribution is 2.53. The lowest BCUT2D eigenvalue weighted by atomic mass is 9.85. The lowest BCUT2D eigenvalue weighted by Crippen LogP contribution is -2.18. The van der Waals surface area contributed by atoms with Crippen molar-refractivity contribution in [2.24, 2.45) is 11.3 Å². The fraction of sp³-hybridized carbons (Fsp3) is 1.00. The van der Waals surface area contributed by atoms with Crippen molar-refractivity contribution in [3.8, 4) is 0 Å². The highest BCUT2D eigenvalue weighted by Gasteiger charge is 2.43. The smallest absolute Gasteiger partial charge is 0.0487 e. The molecule has 0 radical (unpaired) electrons. The number of hydrogen-bond acceptors (Lipinski definition) is 1. The van der Waals surface area contributed by atoms with Crippen molar-refractivity contribution in [3.05, 3.63) is 0 Å². The minimum atomic E-state index is 0.407. The van der Waals surface area contributed by atoms with E-state index in [-0.39, 0.29) is 0 Å². The Morgan fingerprint density at radius 1 is 1.33 bits per heavy atom. The molecule has 0 unspecified atom stereocenters. The largest absolute Gasteiger partial charge is 0.396 e. The second-order valence-electron chi connectivity index (χ2n) is 3.81. The molecule has 1 N–H and O–H groups in total. The number of aliphatic hydroxyl groups excluding tert-OH is 1. The summed E-state index contributed by atoms with van der Waals surface area (Å²) < 4.78 is 0. The standard InChI is InChI=1S/C8H14O/c9-6-8-3-1-7(5-8)2-4-8/h7,9H,1-6H2. The van der Waals surface area contributed by atoms with Gasteiger partial charge in [-0.1, -0.05) is 0 Å². The maximum absolute atomic E-state index is 9.04. The van der Waals surface area contributed by atoms with Crippen LogP contribution in [0.5, 0.6) is 0 Å². The average Bonchev–Trinajstić information content (AvgIpc) is 2.46. The van der Waals surface area contributed by atoms with Gasteiger partial charge in [0.05, 0.1) is 0 Å². The van der Waals surface area contributed by atoms with Gasteiger partial charge in [0.2, 0.25) is 0 Å². The van der Waals surface area contributed by atoms with Crippen molar-refractivity contribution in [1.29, 1.82) is 0 Å². The van der Waals surface area contributed by atoms with Crippen LogP contribution in [0.4, 0.5) is 0 Å². The van der Waals surface area contributed by atoms with Gasteiger partial charge in [0.25, 0.3) is 0 Å². The molecule has 2 bridgehead atoms. The molecule has 0 amide bonds. The fourth-order valence-electron chi connectivity index (χ4n) is 2.53. The minimum Gasteiger partial charge on any atom is -0.396 e. The first-order valence-corrected chi connectivity index (χ1v) is 3.96. The summed E-state index contributed by atoms with van der Waals surface area (Å²) in [6.07, 6.45) is 6.70. The number of fused-ring (bicyclic) bond motifs is 2. The van der Waals surface area contributed by atoms with Crippen molar-refractivity contribution in [1.82, 2.24) is 0 Å². The molecule has 0 atom stereocenters. The topological polar surface area (TPSA) is 20.2 Å². The molecule has 2 fully saturated rings. The Morgan fingerprint density at radius 2 is 2.00 bits per heavy atom. The molecule has 2 saturated carbocycles. The van der Waals surface area contributed by atoms with Gasteiger partial charge in [-0.15, -0.1) is 0 Å². The SMILES string of the molecule is OCC12CCC(CC1)C2. The van der Waals surface area contributed by atoms with Crippen LogP contribution in [-0.2, 0) is 0 Å². The Bertz CT molecular complexity index is 112. The lowest BCUT2D eigenvalue weighted by molar-refractivity contribution is 0.133. The Balaban J connectivity index is 2.13. The minimum absolute atomic E-state index is 0.407. The average molecular weight is 126 g/mol. The molecule has 0 aromatic carbocycles. The molecular weight excluding hydrogens is 112 g/mol. The van der Waals surface area contributed by atoms with Crippen LogP contribution in [0.3, 0.4) is 0 Å². The van der Waals surface area contributed by atoms with E-state index in [9.17, 15) is 0 Å². The summed E-state index contributed by atoms with van der Waals surface area (Å²) >= 11 is 0. The molecule has 1 nitrogen and oxygen atoms in total. The Labute approximate surface area is 56.1 Å². The summed E-state index contributed by atoms with van der Waals surface area (Å²) in [6, 6.07) is 0. The number of rotatable bonds is 1. The van der Waals surface area contributed by atoms with Crippen LogP contribution in [-0.4, -0.2) is 11.7 Å². The van der Waals surface area contributed by atoms with Crippen molar-refractivity contribution in [2.75, 3.05) is 6.61 Å². The van der Waals surface area contributed by atoms with Crippen molar-refractivity contribution < 1.29 is 5.11 Å².